The molecule has 0 saturated heterocycles. The van der Waals surface area contributed by atoms with E-state index in [0.29, 0.717) is 11.5 Å². The van der Waals surface area contributed by atoms with Crippen LogP contribution in [-0.2, 0) is 5.41 Å². The van der Waals surface area contributed by atoms with E-state index in [1.165, 1.54) is 36.9 Å². The molecule has 0 aliphatic carbocycles. The number of furan rings is 1. The standard InChI is InChI=1S/C35H38N2O2/c1-6-8-20-37(21-9-7-2)25-18-19-28-29(22-25)38-32-30(28)26-12-10-11-13-27(26)31-33(32)39-34(36-31)23-14-16-24(17-15-23)35(3,4)5/h10-19,22H,6-9,20-21H2,1-5H3. The monoisotopic (exact) mass is 518 g/mol. The number of hydrogen-bond donors (Lipinski definition) is 0. The lowest BCUT2D eigenvalue weighted by molar-refractivity contribution is 0.589. The van der Waals surface area contributed by atoms with Crippen LogP contribution in [0.3, 0.4) is 0 Å². The summed E-state index contributed by atoms with van der Waals surface area (Å²) in [7, 11) is 0. The molecule has 200 valence electrons. The summed E-state index contributed by atoms with van der Waals surface area (Å²) in [5, 5.41) is 4.44. The topological polar surface area (TPSA) is 42.4 Å². The molecular weight excluding hydrogens is 480 g/mol. The van der Waals surface area contributed by atoms with Crippen LogP contribution < -0.4 is 4.90 Å². The number of rotatable bonds is 8. The quantitative estimate of drug-likeness (QED) is 0.201. The van der Waals surface area contributed by atoms with Gasteiger partial charge in [-0.15, -0.1) is 0 Å². The molecule has 0 aliphatic rings. The van der Waals surface area contributed by atoms with Crippen LogP contribution in [0.5, 0.6) is 0 Å². The van der Waals surface area contributed by atoms with Crippen molar-refractivity contribution >= 4 is 49.5 Å². The molecule has 4 aromatic carbocycles. The first-order chi connectivity index (χ1) is 18.9. The lowest BCUT2D eigenvalue weighted by Gasteiger charge is -2.24. The largest absolute Gasteiger partial charge is 0.452 e. The van der Waals surface area contributed by atoms with Crippen molar-refractivity contribution in [3.8, 4) is 11.5 Å². The van der Waals surface area contributed by atoms with Crippen molar-refractivity contribution in [2.75, 3.05) is 18.0 Å². The highest BCUT2D eigenvalue weighted by molar-refractivity contribution is 6.28. The second-order valence-corrected chi connectivity index (χ2v) is 11.8. The molecule has 2 aromatic heterocycles. The van der Waals surface area contributed by atoms with Gasteiger partial charge >= 0.3 is 0 Å². The molecule has 39 heavy (non-hydrogen) atoms. The zero-order valence-electron chi connectivity index (χ0n) is 23.8. The highest BCUT2D eigenvalue weighted by Gasteiger charge is 2.22. The highest BCUT2D eigenvalue weighted by atomic mass is 16.4. The van der Waals surface area contributed by atoms with E-state index in [1.54, 1.807) is 0 Å². The van der Waals surface area contributed by atoms with Crippen molar-refractivity contribution in [1.29, 1.82) is 0 Å². The Kier molecular flexibility index (Phi) is 6.58. The van der Waals surface area contributed by atoms with Crippen molar-refractivity contribution in [3.05, 3.63) is 72.3 Å². The summed E-state index contributed by atoms with van der Waals surface area (Å²) in [6.07, 6.45) is 4.74. The lowest BCUT2D eigenvalue weighted by Crippen LogP contribution is -2.25. The van der Waals surface area contributed by atoms with Gasteiger partial charge < -0.3 is 13.7 Å². The van der Waals surface area contributed by atoms with Gasteiger partial charge in [0.05, 0.1) is 0 Å². The summed E-state index contributed by atoms with van der Waals surface area (Å²) >= 11 is 0. The van der Waals surface area contributed by atoms with Gasteiger partial charge in [0, 0.05) is 46.6 Å². The Morgan fingerprint density at radius 1 is 0.744 bits per heavy atom. The molecule has 4 heteroatoms. The lowest BCUT2D eigenvalue weighted by atomic mass is 9.87. The van der Waals surface area contributed by atoms with Gasteiger partial charge in [0.2, 0.25) is 5.89 Å². The van der Waals surface area contributed by atoms with E-state index in [1.807, 2.05) is 0 Å². The van der Waals surface area contributed by atoms with Gasteiger partial charge in [-0.3, -0.25) is 0 Å². The van der Waals surface area contributed by atoms with Crippen LogP contribution in [0.15, 0.2) is 75.6 Å². The maximum atomic E-state index is 6.63. The molecule has 0 bridgehead atoms. The fourth-order valence-electron chi connectivity index (χ4n) is 5.58. The highest BCUT2D eigenvalue weighted by Crippen LogP contribution is 2.43. The summed E-state index contributed by atoms with van der Waals surface area (Å²) in [5.41, 5.74) is 6.80. The maximum absolute atomic E-state index is 6.63. The van der Waals surface area contributed by atoms with E-state index >= 15 is 0 Å². The number of aromatic nitrogens is 1. The smallest absolute Gasteiger partial charge is 0.227 e. The van der Waals surface area contributed by atoms with Crippen molar-refractivity contribution in [2.45, 2.75) is 65.7 Å². The Morgan fingerprint density at radius 2 is 1.44 bits per heavy atom. The van der Waals surface area contributed by atoms with E-state index in [9.17, 15) is 0 Å². The van der Waals surface area contributed by atoms with E-state index in [2.05, 4.69) is 106 Å². The SMILES string of the molecule is CCCCN(CCCC)c1ccc2c(c1)oc1c3oc(-c4ccc(C(C)(C)C)cc4)nc3c3ccccc3c21. The second-order valence-electron chi connectivity index (χ2n) is 11.8. The first-order valence-electron chi connectivity index (χ1n) is 14.4. The van der Waals surface area contributed by atoms with Crippen LogP contribution in [-0.4, -0.2) is 18.1 Å². The zero-order valence-corrected chi connectivity index (χ0v) is 23.8. The Bertz CT molecular complexity index is 1760. The van der Waals surface area contributed by atoms with Gasteiger partial charge in [-0.25, -0.2) is 4.98 Å². The van der Waals surface area contributed by atoms with Crippen molar-refractivity contribution in [2.24, 2.45) is 0 Å². The number of anilines is 1. The van der Waals surface area contributed by atoms with Crippen LogP contribution in [0.2, 0.25) is 0 Å². The molecule has 0 fully saturated rings. The Hall–Kier alpha value is -3.79. The number of oxazole rings is 1. The number of nitrogens with zero attached hydrogens (tertiary/aromatic N) is 2. The Labute approximate surface area is 230 Å². The first-order valence-corrected chi connectivity index (χ1v) is 14.4. The van der Waals surface area contributed by atoms with Crippen LogP contribution in [0.4, 0.5) is 5.69 Å². The van der Waals surface area contributed by atoms with E-state index < -0.39 is 0 Å². The summed E-state index contributed by atoms with van der Waals surface area (Å²) in [5.74, 6) is 0.620. The first kappa shape index (κ1) is 25.5. The van der Waals surface area contributed by atoms with Crippen LogP contribution in [0, 0.1) is 0 Å². The maximum Gasteiger partial charge on any atom is 0.227 e. The third-order valence-corrected chi connectivity index (χ3v) is 7.88. The minimum atomic E-state index is 0.0952. The molecule has 0 atom stereocenters. The molecule has 0 amide bonds. The van der Waals surface area contributed by atoms with Gasteiger partial charge in [-0.2, -0.15) is 0 Å². The second kappa shape index (κ2) is 10.1. The molecular formula is C35H38N2O2. The molecule has 0 radical (unpaired) electrons. The number of fused-ring (bicyclic) bond motifs is 8. The average Bonchev–Trinajstić information content (AvgIpc) is 3.55. The summed E-state index contributed by atoms with van der Waals surface area (Å²) < 4.78 is 13.1. The molecule has 0 aliphatic heterocycles. The van der Waals surface area contributed by atoms with Crippen molar-refractivity contribution in [1.82, 2.24) is 4.98 Å². The van der Waals surface area contributed by atoms with Gasteiger partial charge in [0.1, 0.15) is 11.1 Å². The minimum absolute atomic E-state index is 0.0952. The van der Waals surface area contributed by atoms with Gasteiger partial charge in [-0.05, 0) is 53.5 Å². The molecule has 0 spiro atoms. The van der Waals surface area contributed by atoms with Gasteiger partial charge in [0.15, 0.2) is 11.2 Å². The van der Waals surface area contributed by atoms with E-state index in [0.717, 1.165) is 56.9 Å². The minimum Gasteiger partial charge on any atom is -0.452 e. The number of unbranched alkanes of at least 4 members (excludes halogenated alkanes) is 2. The fourth-order valence-corrected chi connectivity index (χ4v) is 5.58. The third kappa shape index (κ3) is 4.56. The Balaban J connectivity index is 1.53. The summed E-state index contributed by atoms with van der Waals surface area (Å²) in [4.78, 5) is 7.50. The average molecular weight is 519 g/mol. The molecule has 0 saturated carbocycles. The predicted molar refractivity (Wildman–Crippen MR) is 165 cm³/mol. The summed E-state index contributed by atoms with van der Waals surface area (Å²) in [6.45, 7) is 13.3. The number of benzene rings is 4. The molecule has 6 aromatic rings. The molecule has 0 unspecified atom stereocenters. The zero-order chi connectivity index (χ0) is 27.1. The fraction of sp³-hybridized carbons (Fsp3) is 0.343. The Morgan fingerprint density at radius 3 is 2.10 bits per heavy atom. The molecule has 6 rings (SSSR count). The molecule has 4 nitrogen and oxygen atoms in total. The van der Waals surface area contributed by atoms with Crippen molar-refractivity contribution in [3.63, 3.8) is 0 Å². The van der Waals surface area contributed by atoms with E-state index in [-0.39, 0.29) is 5.41 Å². The number of hydrogen-bond acceptors (Lipinski definition) is 4. The third-order valence-electron chi connectivity index (χ3n) is 7.88. The van der Waals surface area contributed by atoms with Crippen LogP contribution >= 0.6 is 0 Å². The van der Waals surface area contributed by atoms with Crippen LogP contribution in [0.1, 0.15) is 65.9 Å². The van der Waals surface area contributed by atoms with Gasteiger partial charge in [-0.1, -0.05) is 83.9 Å². The normalized spacial score (nSPS) is 12.3. The molecule has 0 N–H and O–H groups in total. The van der Waals surface area contributed by atoms with Crippen molar-refractivity contribution < 1.29 is 8.83 Å². The van der Waals surface area contributed by atoms with Crippen LogP contribution in [0.25, 0.3) is 55.3 Å². The van der Waals surface area contributed by atoms with E-state index in [4.69, 9.17) is 13.8 Å². The molecule has 2 heterocycles. The summed E-state index contributed by atoms with van der Waals surface area (Å²) in [6, 6.07) is 23.7. The predicted octanol–water partition coefficient (Wildman–Crippen LogP) is 10.3. The van der Waals surface area contributed by atoms with Gasteiger partial charge in [0.25, 0.3) is 0 Å².